The van der Waals surface area contributed by atoms with Gasteiger partial charge in [-0.05, 0) is 12.1 Å². The summed E-state index contributed by atoms with van der Waals surface area (Å²) in [6, 6.07) is 9.23. The fraction of sp³-hybridized carbons (Fsp3) is 0.222. The van der Waals surface area contributed by atoms with Crippen LogP contribution in [0.1, 0.15) is 10.4 Å². The molecule has 3 aromatic rings. The van der Waals surface area contributed by atoms with E-state index in [2.05, 4.69) is 15.3 Å². The molecule has 1 aliphatic heterocycles. The van der Waals surface area contributed by atoms with Gasteiger partial charge in [0.1, 0.15) is 5.56 Å². The van der Waals surface area contributed by atoms with Crippen molar-refractivity contribution in [3.05, 3.63) is 58.5 Å². The van der Waals surface area contributed by atoms with Crippen molar-refractivity contribution in [2.24, 2.45) is 0 Å². The number of aromatic carboxylic acids is 1. The summed E-state index contributed by atoms with van der Waals surface area (Å²) < 4.78 is 1.63. The Kier molecular flexibility index (Phi) is 4.10. The lowest BCUT2D eigenvalue weighted by Gasteiger charge is -2.27. The van der Waals surface area contributed by atoms with Gasteiger partial charge in [-0.15, -0.1) is 0 Å². The molecule has 1 aliphatic rings. The number of carboxylic acids is 1. The minimum absolute atomic E-state index is 0.188. The lowest BCUT2D eigenvalue weighted by Crippen LogP contribution is -2.44. The number of nitrogens with one attached hydrogen (secondary N) is 1. The van der Waals surface area contributed by atoms with Gasteiger partial charge in [0.25, 0.3) is 0 Å². The Morgan fingerprint density at radius 2 is 1.88 bits per heavy atom. The number of para-hydroxylation sites is 1. The Hall–Kier alpha value is -3.26. The summed E-state index contributed by atoms with van der Waals surface area (Å²) in [5, 5.41) is 12.8. The van der Waals surface area contributed by atoms with Crippen molar-refractivity contribution >= 4 is 23.0 Å². The molecule has 0 amide bonds. The van der Waals surface area contributed by atoms with Crippen LogP contribution in [0.5, 0.6) is 0 Å². The van der Waals surface area contributed by atoms with Crippen LogP contribution in [0.4, 0.5) is 5.95 Å². The monoisotopic (exact) mass is 351 g/mol. The Balaban J connectivity index is 1.97. The highest BCUT2D eigenvalue weighted by Crippen LogP contribution is 2.18. The van der Waals surface area contributed by atoms with Crippen LogP contribution in [-0.4, -0.2) is 51.8 Å². The molecular formula is C18H17N5O3. The van der Waals surface area contributed by atoms with Gasteiger partial charge in [-0.3, -0.25) is 4.79 Å². The zero-order valence-corrected chi connectivity index (χ0v) is 13.9. The van der Waals surface area contributed by atoms with Crippen molar-refractivity contribution in [3.8, 4) is 5.69 Å². The predicted octanol–water partition coefficient (Wildman–Crippen LogP) is 0.888. The summed E-state index contributed by atoms with van der Waals surface area (Å²) >= 11 is 0. The zero-order chi connectivity index (χ0) is 18.1. The van der Waals surface area contributed by atoms with E-state index in [4.69, 9.17) is 0 Å². The van der Waals surface area contributed by atoms with E-state index in [1.54, 1.807) is 4.57 Å². The Morgan fingerprint density at radius 1 is 1.15 bits per heavy atom. The van der Waals surface area contributed by atoms with Crippen LogP contribution in [0, 0.1) is 0 Å². The number of piperazine rings is 1. The second kappa shape index (κ2) is 6.57. The molecule has 132 valence electrons. The summed E-state index contributed by atoms with van der Waals surface area (Å²) in [5.41, 5.74) is 0.242. The summed E-state index contributed by atoms with van der Waals surface area (Å²) in [7, 11) is 0. The summed E-state index contributed by atoms with van der Waals surface area (Å²) in [4.78, 5) is 35.0. The molecule has 1 aromatic carbocycles. The summed E-state index contributed by atoms with van der Waals surface area (Å²) in [6.45, 7) is 3.22. The summed E-state index contributed by atoms with van der Waals surface area (Å²) in [6.07, 6.45) is 2.75. The van der Waals surface area contributed by atoms with E-state index >= 15 is 0 Å². The third-order valence-corrected chi connectivity index (χ3v) is 4.40. The standard InChI is InChI=1S/C18H17N5O3/c24-15-13-10-20-18(22-8-6-19-7-9-22)21-16(13)23(11-14(15)17(25)26)12-4-2-1-3-5-12/h1-5,10-11,19H,6-9H2,(H,25,26). The second-order valence-electron chi connectivity index (χ2n) is 6.03. The molecule has 26 heavy (non-hydrogen) atoms. The van der Waals surface area contributed by atoms with Crippen LogP contribution >= 0.6 is 0 Å². The van der Waals surface area contributed by atoms with E-state index in [9.17, 15) is 14.7 Å². The van der Waals surface area contributed by atoms with Crippen molar-refractivity contribution in [1.29, 1.82) is 0 Å². The van der Waals surface area contributed by atoms with Crippen LogP contribution in [0.3, 0.4) is 0 Å². The van der Waals surface area contributed by atoms with Gasteiger partial charge in [-0.1, -0.05) is 18.2 Å². The van der Waals surface area contributed by atoms with E-state index in [-0.39, 0.29) is 10.9 Å². The molecule has 1 saturated heterocycles. The first-order valence-corrected chi connectivity index (χ1v) is 8.32. The normalized spacial score (nSPS) is 14.5. The Labute approximate surface area is 148 Å². The maximum atomic E-state index is 12.5. The van der Waals surface area contributed by atoms with E-state index in [1.807, 2.05) is 35.2 Å². The number of fused-ring (bicyclic) bond motifs is 1. The minimum Gasteiger partial charge on any atom is -0.477 e. The first-order valence-electron chi connectivity index (χ1n) is 8.32. The van der Waals surface area contributed by atoms with E-state index < -0.39 is 11.4 Å². The quantitative estimate of drug-likeness (QED) is 0.723. The fourth-order valence-electron chi connectivity index (χ4n) is 3.06. The highest BCUT2D eigenvalue weighted by atomic mass is 16.4. The van der Waals surface area contributed by atoms with Gasteiger partial charge < -0.3 is 19.9 Å². The molecule has 0 saturated carbocycles. The average molecular weight is 351 g/mol. The van der Waals surface area contributed by atoms with Crippen molar-refractivity contribution in [2.75, 3.05) is 31.1 Å². The number of carboxylic acid groups (broad SMARTS) is 1. The molecule has 0 spiro atoms. The number of hydrogen-bond acceptors (Lipinski definition) is 6. The maximum absolute atomic E-state index is 12.5. The first-order chi connectivity index (χ1) is 12.6. The molecule has 3 heterocycles. The molecule has 4 rings (SSSR count). The molecule has 0 bridgehead atoms. The minimum atomic E-state index is -1.27. The Morgan fingerprint density at radius 3 is 2.58 bits per heavy atom. The van der Waals surface area contributed by atoms with E-state index in [0.29, 0.717) is 11.6 Å². The lowest BCUT2D eigenvalue weighted by molar-refractivity contribution is 0.0695. The Bertz CT molecular complexity index is 1030. The molecule has 0 radical (unpaired) electrons. The molecule has 2 N–H and O–H groups in total. The van der Waals surface area contributed by atoms with E-state index in [0.717, 1.165) is 31.9 Å². The molecule has 8 heteroatoms. The third kappa shape index (κ3) is 2.80. The highest BCUT2D eigenvalue weighted by Gasteiger charge is 2.19. The largest absolute Gasteiger partial charge is 0.477 e. The maximum Gasteiger partial charge on any atom is 0.341 e. The van der Waals surface area contributed by atoms with Crippen LogP contribution in [-0.2, 0) is 0 Å². The van der Waals surface area contributed by atoms with Crippen LogP contribution in [0.15, 0.2) is 47.5 Å². The van der Waals surface area contributed by atoms with Crippen LogP contribution in [0.2, 0.25) is 0 Å². The molecule has 0 unspecified atom stereocenters. The number of rotatable bonds is 3. The van der Waals surface area contributed by atoms with Crippen molar-refractivity contribution < 1.29 is 9.90 Å². The number of nitrogens with zero attached hydrogens (tertiary/aromatic N) is 4. The molecule has 2 aromatic heterocycles. The zero-order valence-electron chi connectivity index (χ0n) is 13.9. The van der Waals surface area contributed by atoms with Gasteiger partial charge in [0.2, 0.25) is 11.4 Å². The van der Waals surface area contributed by atoms with Gasteiger partial charge in [0.05, 0.1) is 5.39 Å². The van der Waals surface area contributed by atoms with Gasteiger partial charge in [0, 0.05) is 44.3 Å². The first kappa shape index (κ1) is 16.2. The molecule has 0 aliphatic carbocycles. The van der Waals surface area contributed by atoms with Crippen molar-refractivity contribution in [3.63, 3.8) is 0 Å². The van der Waals surface area contributed by atoms with Crippen LogP contribution in [0.25, 0.3) is 16.7 Å². The van der Waals surface area contributed by atoms with Gasteiger partial charge in [-0.25, -0.2) is 9.78 Å². The number of aromatic nitrogens is 3. The van der Waals surface area contributed by atoms with Crippen LogP contribution < -0.4 is 15.6 Å². The van der Waals surface area contributed by atoms with Gasteiger partial charge in [0.15, 0.2) is 5.65 Å². The number of benzene rings is 1. The van der Waals surface area contributed by atoms with Crippen molar-refractivity contribution in [1.82, 2.24) is 19.9 Å². The molecule has 8 nitrogen and oxygen atoms in total. The van der Waals surface area contributed by atoms with Crippen molar-refractivity contribution in [2.45, 2.75) is 0 Å². The fourth-order valence-corrected chi connectivity index (χ4v) is 3.06. The van der Waals surface area contributed by atoms with Gasteiger partial charge in [-0.2, -0.15) is 4.98 Å². The SMILES string of the molecule is O=C(O)c1cn(-c2ccccc2)c2nc(N3CCNCC3)ncc2c1=O. The molecular weight excluding hydrogens is 334 g/mol. The number of pyridine rings is 1. The average Bonchev–Trinajstić information content (AvgIpc) is 2.69. The molecule has 0 atom stereocenters. The number of anilines is 1. The topological polar surface area (TPSA) is 100 Å². The highest BCUT2D eigenvalue weighted by molar-refractivity contribution is 5.92. The smallest absolute Gasteiger partial charge is 0.341 e. The van der Waals surface area contributed by atoms with Gasteiger partial charge >= 0.3 is 5.97 Å². The predicted molar refractivity (Wildman–Crippen MR) is 97.2 cm³/mol. The number of hydrogen-bond donors (Lipinski definition) is 2. The summed E-state index contributed by atoms with van der Waals surface area (Å²) in [5.74, 6) is -0.737. The van der Waals surface area contributed by atoms with E-state index in [1.165, 1.54) is 12.4 Å². The third-order valence-electron chi connectivity index (χ3n) is 4.40. The second-order valence-corrected chi connectivity index (χ2v) is 6.03. The molecule has 1 fully saturated rings. The lowest BCUT2D eigenvalue weighted by atomic mass is 10.2. The number of carbonyl (C=O) groups is 1.